The molecule has 0 saturated carbocycles. The van der Waals surface area contributed by atoms with Crippen LogP contribution in [0.1, 0.15) is 5.56 Å². The van der Waals surface area contributed by atoms with Crippen molar-refractivity contribution < 1.29 is 5.21 Å². The number of nitrogens with zero attached hydrogens (tertiary/aromatic N) is 2. The van der Waals surface area contributed by atoms with Crippen LogP contribution >= 0.6 is 0 Å². The average molecular weight is 177 g/mol. The predicted octanol–water partition coefficient (Wildman–Crippen LogP) is 1.38. The van der Waals surface area contributed by atoms with Crippen LogP contribution in [0.3, 0.4) is 0 Å². The lowest BCUT2D eigenvalue weighted by molar-refractivity contribution is -0.0728. The Hall–Kier alpha value is -1.39. The van der Waals surface area contributed by atoms with Crippen LogP contribution in [-0.2, 0) is 6.54 Å². The summed E-state index contributed by atoms with van der Waals surface area (Å²) in [5.74, 6) is 0. The van der Waals surface area contributed by atoms with Gasteiger partial charge in [0, 0.05) is 12.4 Å². The number of para-hydroxylation sites is 1. The molecule has 0 aliphatic carbocycles. The normalized spacial score (nSPS) is 11.3. The zero-order valence-corrected chi connectivity index (χ0v) is 7.36. The van der Waals surface area contributed by atoms with Gasteiger partial charge in [-0.2, -0.15) is 10.2 Å². The summed E-state index contributed by atoms with van der Waals surface area (Å²) in [5, 5.41) is 18.2. The lowest BCUT2D eigenvalue weighted by Gasteiger charge is -2.08. The van der Waals surface area contributed by atoms with Crippen molar-refractivity contribution >= 4 is 10.9 Å². The Morgan fingerprint density at radius 1 is 1.54 bits per heavy atom. The number of fused-ring (bicyclic) bond motifs is 1. The predicted molar refractivity (Wildman–Crippen MR) is 49.3 cm³/mol. The Morgan fingerprint density at radius 2 is 2.38 bits per heavy atom. The van der Waals surface area contributed by atoms with Gasteiger partial charge in [-0.1, -0.05) is 18.2 Å². The first-order valence-corrected chi connectivity index (χ1v) is 4.08. The summed E-state index contributed by atoms with van der Waals surface area (Å²) >= 11 is 0. The third kappa shape index (κ3) is 1.54. The quantitative estimate of drug-likeness (QED) is 0.681. The molecular formula is C9H11N3O. The number of rotatable bonds is 2. The van der Waals surface area contributed by atoms with E-state index in [1.807, 2.05) is 18.2 Å². The highest BCUT2D eigenvalue weighted by molar-refractivity contribution is 5.81. The van der Waals surface area contributed by atoms with Crippen LogP contribution in [0.15, 0.2) is 24.4 Å². The van der Waals surface area contributed by atoms with Crippen molar-refractivity contribution in [2.45, 2.75) is 6.54 Å². The van der Waals surface area contributed by atoms with Gasteiger partial charge in [0.1, 0.15) is 0 Å². The Morgan fingerprint density at radius 3 is 3.15 bits per heavy atom. The summed E-state index contributed by atoms with van der Waals surface area (Å²) in [7, 11) is 1.62. The van der Waals surface area contributed by atoms with Gasteiger partial charge in [-0.05, 0) is 5.56 Å². The van der Waals surface area contributed by atoms with E-state index >= 15 is 0 Å². The molecule has 0 spiro atoms. The molecule has 0 atom stereocenters. The molecule has 0 amide bonds. The highest BCUT2D eigenvalue weighted by Gasteiger charge is 2.03. The highest BCUT2D eigenvalue weighted by Crippen LogP contribution is 2.16. The summed E-state index contributed by atoms with van der Waals surface area (Å²) in [6.45, 7) is 0.500. The smallest absolute Gasteiger partial charge is 0.0696 e. The van der Waals surface area contributed by atoms with Crippen molar-refractivity contribution in [1.29, 1.82) is 0 Å². The van der Waals surface area contributed by atoms with Crippen LogP contribution in [0.2, 0.25) is 0 Å². The van der Waals surface area contributed by atoms with Crippen molar-refractivity contribution in [3.05, 3.63) is 30.0 Å². The summed E-state index contributed by atoms with van der Waals surface area (Å²) in [4.78, 5) is 0. The number of H-pyrrole nitrogens is 1. The van der Waals surface area contributed by atoms with E-state index < -0.39 is 0 Å². The van der Waals surface area contributed by atoms with Gasteiger partial charge in [0.25, 0.3) is 0 Å². The lowest BCUT2D eigenvalue weighted by Crippen LogP contribution is -2.11. The molecule has 0 saturated heterocycles. The molecule has 0 bridgehead atoms. The summed E-state index contributed by atoms with van der Waals surface area (Å²) in [6, 6.07) is 5.91. The first kappa shape index (κ1) is 8.22. The second kappa shape index (κ2) is 3.16. The van der Waals surface area contributed by atoms with Crippen molar-refractivity contribution in [2.75, 3.05) is 7.05 Å². The van der Waals surface area contributed by atoms with Crippen LogP contribution < -0.4 is 0 Å². The monoisotopic (exact) mass is 177 g/mol. The van der Waals surface area contributed by atoms with Gasteiger partial charge < -0.3 is 5.21 Å². The number of hydrogen-bond donors (Lipinski definition) is 2. The van der Waals surface area contributed by atoms with E-state index in [2.05, 4.69) is 10.2 Å². The molecule has 0 radical (unpaired) electrons. The highest BCUT2D eigenvalue weighted by atomic mass is 16.5. The standard InChI is InChI=1S/C9H11N3O/c1-12(13)6-8-4-2-3-7-5-10-11-9(7)8/h2-5,13H,6H2,1H3,(H,10,11). The van der Waals surface area contributed by atoms with Crippen LogP contribution in [0.4, 0.5) is 0 Å². The van der Waals surface area contributed by atoms with Gasteiger partial charge in [0.15, 0.2) is 0 Å². The van der Waals surface area contributed by atoms with Crippen molar-refractivity contribution in [3.63, 3.8) is 0 Å². The number of hydroxylamine groups is 2. The van der Waals surface area contributed by atoms with E-state index in [-0.39, 0.29) is 0 Å². The molecule has 4 nitrogen and oxygen atoms in total. The maximum Gasteiger partial charge on any atom is 0.0696 e. The Balaban J connectivity index is 2.48. The molecule has 0 unspecified atom stereocenters. The molecule has 0 fully saturated rings. The van der Waals surface area contributed by atoms with E-state index in [1.54, 1.807) is 13.2 Å². The number of aromatic amines is 1. The van der Waals surface area contributed by atoms with Crippen molar-refractivity contribution in [2.24, 2.45) is 0 Å². The second-order valence-electron chi connectivity index (χ2n) is 3.07. The Labute approximate surface area is 75.7 Å². The maximum absolute atomic E-state index is 9.10. The molecule has 68 valence electrons. The minimum atomic E-state index is 0.500. The minimum absolute atomic E-state index is 0.500. The molecule has 2 aromatic rings. The van der Waals surface area contributed by atoms with Crippen LogP contribution in [0.25, 0.3) is 10.9 Å². The van der Waals surface area contributed by atoms with Gasteiger partial charge >= 0.3 is 0 Å². The van der Waals surface area contributed by atoms with Gasteiger partial charge in [-0.25, -0.2) is 0 Å². The molecule has 1 aromatic heterocycles. The molecule has 0 aliphatic rings. The molecule has 1 heterocycles. The van der Waals surface area contributed by atoms with Gasteiger partial charge in [-0.15, -0.1) is 0 Å². The van der Waals surface area contributed by atoms with E-state index in [0.29, 0.717) is 6.54 Å². The fourth-order valence-corrected chi connectivity index (χ4v) is 1.41. The molecule has 2 N–H and O–H groups in total. The van der Waals surface area contributed by atoms with E-state index in [9.17, 15) is 0 Å². The van der Waals surface area contributed by atoms with Crippen molar-refractivity contribution in [3.8, 4) is 0 Å². The topological polar surface area (TPSA) is 52.1 Å². The number of benzene rings is 1. The summed E-state index contributed by atoms with van der Waals surface area (Å²) in [5.41, 5.74) is 2.03. The van der Waals surface area contributed by atoms with Gasteiger partial charge in [0.2, 0.25) is 0 Å². The van der Waals surface area contributed by atoms with E-state index in [0.717, 1.165) is 21.5 Å². The van der Waals surface area contributed by atoms with Crippen molar-refractivity contribution in [1.82, 2.24) is 15.3 Å². The first-order valence-electron chi connectivity index (χ1n) is 4.08. The third-order valence-corrected chi connectivity index (χ3v) is 1.96. The molecule has 2 rings (SSSR count). The summed E-state index contributed by atoms with van der Waals surface area (Å²) < 4.78 is 0. The zero-order chi connectivity index (χ0) is 9.26. The van der Waals surface area contributed by atoms with E-state index in [4.69, 9.17) is 5.21 Å². The summed E-state index contributed by atoms with van der Waals surface area (Å²) in [6.07, 6.45) is 1.77. The third-order valence-electron chi connectivity index (χ3n) is 1.96. The van der Waals surface area contributed by atoms with Crippen LogP contribution in [0, 0.1) is 0 Å². The Bertz CT molecular complexity index is 408. The Kier molecular flexibility index (Phi) is 2.00. The van der Waals surface area contributed by atoms with E-state index in [1.165, 1.54) is 0 Å². The SMILES string of the molecule is CN(O)Cc1cccc2cn[nH]c12. The van der Waals surface area contributed by atoms with Gasteiger partial charge in [-0.3, -0.25) is 5.10 Å². The largest absolute Gasteiger partial charge is 0.314 e. The fraction of sp³-hybridized carbons (Fsp3) is 0.222. The van der Waals surface area contributed by atoms with Crippen LogP contribution in [0.5, 0.6) is 0 Å². The minimum Gasteiger partial charge on any atom is -0.314 e. The number of hydrogen-bond acceptors (Lipinski definition) is 3. The first-order chi connectivity index (χ1) is 6.27. The lowest BCUT2D eigenvalue weighted by atomic mass is 10.1. The maximum atomic E-state index is 9.10. The fourth-order valence-electron chi connectivity index (χ4n) is 1.41. The van der Waals surface area contributed by atoms with Crippen LogP contribution in [-0.4, -0.2) is 27.5 Å². The molecule has 1 aromatic carbocycles. The number of nitrogens with one attached hydrogen (secondary N) is 1. The second-order valence-corrected chi connectivity index (χ2v) is 3.07. The zero-order valence-electron chi connectivity index (χ0n) is 7.36. The number of aromatic nitrogens is 2. The molecule has 4 heteroatoms. The van der Waals surface area contributed by atoms with Gasteiger partial charge in [0.05, 0.1) is 18.3 Å². The molecular weight excluding hydrogens is 166 g/mol. The molecule has 0 aliphatic heterocycles. The average Bonchev–Trinajstić information content (AvgIpc) is 2.51. The molecule has 13 heavy (non-hydrogen) atoms.